The fraction of sp³-hybridized carbons (Fsp3) is 0.750. The average Bonchev–Trinajstić information content (AvgIpc) is 2.99. The molecule has 17 heavy (non-hydrogen) atoms. The van der Waals surface area contributed by atoms with E-state index in [0.717, 1.165) is 5.82 Å². The van der Waals surface area contributed by atoms with Gasteiger partial charge in [0.25, 0.3) is 0 Å². The fourth-order valence-corrected chi connectivity index (χ4v) is 2.03. The van der Waals surface area contributed by atoms with Gasteiger partial charge in [-0.25, -0.2) is 9.67 Å². The summed E-state index contributed by atoms with van der Waals surface area (Å²) in [7, 11) is 0. The van der Waals surface area contributed by atoms with Gasteiger partial charge in [0.1, 0.15) is 17.9 Å². The minimum absolute atomic E-state index is 0.0397. The van der Waals surface area contributed by atoms with Gasteiger partial charge in [-0.2, -0.15) is 5.10 Å². The quantitative estimate of drug-likeness (QED) is 0.802. The highest BCUT2D eigenvalue weighted by Crippen LogP contribution is 2.32. The summed E-state index contributed by atoms with van der Waals surface area (Å²) in [5.74, 6) is 1.48. The molecule has 2 N–H and O–H groups in total. The van der Waals surface area contributed by atoms with Gasteiger partial charge in [-0.05, 0) is 32.6 Å². The molecule has 5 nitrogen and oxygen atoms in total. The molecule has 1 saturated carbocycles. The molecular weight excluding hydrogens is 216 g/mol. The van der Waals surface area contributed by atoms with Crippen molar-refractivity contribution in [2.24, 2.45) is 11.7 Å². The fourth-order valence-electron chi connectivity index (χ4n) is 2.03. The highest BCUT2D eigenvalue weighted by atomic mass is 16.1. The van der Waals surface area contributed by atoms with Crippen molar-refractivity contribution in [1.82, 2.24) is 14.8 Å². The van der Waals surface area contributed by atoms with Gasteiger partial charge in [-0.15, -0.1) is 0 Å². The maximum absolute atomic E-state index is 11.9. The van der Waals surface area contributed by atoms with Crippen LogP contribution in [0.5, 0.6) is 0 Å². The van der Waals surface area contributed by atoms with E-state index >= 15 is 0 Å². The summed E-state index contributed by atoms with van der Waals surface area (Å²) in [6.45, 7) is 4.05. The van der Waals surface area contributed by atoms with Crippen molar-refractivity contribution < 1.29 is 4.79 Å². The van der Waals surface area contributed by atoms with Gasteiger partial charge in [-0.1, -0.05) is 0 Å². The van der Waals surface area contributed by atoms with E-state index in [-0.39, 0.29) is 17.9 Å². The van der Waals surface area contributed by atoms with E-state index in [0.29, 0.717) is 18.8 Å². The van der Waals surface area contributed by atoms with Crippen molar-refractivity contribution in [3.63, 3.8) is 0 Å². The number of carbonyl (C=O) groups is 1. The van der Waals surface area contributed by atoms with Crippen molar-refractivity contribution in [3.05, 3.63) is 12.2 Å². The van der Waals surface area contributed by atoms with Crippen LogP contribution in [-0.2, 0) is 11.2 Å². The molecule has 1 heterocycles. The van der Waals surface area contributed by atoms with Crippen LogP contribution in [-0.4, -0.2) is 26.6 Å². The predicted molar refractivity (Wildman–Crippen MR) is 64.4 cm³/mol. The van der Waals surface area contributed by atoms with Gasteiger partial charge in [-0.3, -0.25) is 4.79 Å². The largest absolute Gasteiger partial charge is 0.327 e. The number of ketones is 1. The maximum atomic E-state index is 11.9. The van der Waals surface area contributed by atoms with Crippen LogP contribution in [0.3, 0.4) is 0 Å². The average molecular weight is 236 g/mol. The van der Waals surface area contributed by atoms with Crippen LogP contribution in [0.15, 0.2) is 6.33 Å². The lowest BCUT2D eigenvalue weighted by atomic mass is 10.0. The molecule has 94 valence electrons. The van der Waals surface area contributed by atoms with Crippen molar-refractivity contribution in [2.75, 3.05) is 0 Å². The molecule has 0 aromatic carbocycles. The van der Waals surface area contributed by atoms with Crippen LogP contribution >= 0.6 is 0 Å². The van der Waals surface area contributed by atoms with E-state index in [1.807, 2.05) is 13.8 Å². The molecule has 1 unspecified atom stereocenters. The Morgan fingerprint density at radius 2 is 2.29 bits per heavy atom. The molecule has 1 fully saturated rings. The first-order valence-corrected chi connectivity index (χ1v) is 6.23. The van der Waals surface area contributed by atoms with Crippen molar-refractivity contribution >= 4 is 5.78 Å². The molecule has 0 spiro atoms. The minimum atomic E-state index is 0.0397. The summed E-state index contributed by atoms with van der Waals surface area (Å²) in [4.78, 5) is 16.0. The molecule has 0 saturated heterocycles. The third-order valence-electron chi connectivity index (χ3n) is 3.18. The smallest absolute Gasteiger partial charge is 0.142 e. The molecule has 0 bridgehead atoms. The molecule has 1 atom stereocenters. The molecule has 1 aromatic heterocycles. The second kappa shape index (κ2) is 4.96. The molecule has 1 aromatic rings. The van der Waals surface area contributed by atoms with Crippen LogP contribution in [0, 0.1) is 5.92 Å². The second-order valence-electron chi connectivity index (χ2n) is 5.14. The number of nitrogens with two attached hydrogens (primary N) is 1. The third kappa shape index (κ3) is 3.12. The summed E-state index contributed by atoms with van der Waals surface area (Å²) in [5, 5.41) is 4.12. The van der Waals surface area contributed by atoms with Crippen LogP contribution in [0.25, 0.3) is 0 Å². The predicted octanol–water partition coefficient (Wildman–Crippen LogP) is 1.10. The monoisotopic (exact) mass is 236 g/mol. The maximum Gasteiger partial charge on any atom is 0.142 e. The van der Waals surface area contributed by atoms with E-state index in [2.05, 4.69) is 10.1 Å². The molecule has 5 heteroatoms. The number of hydrogen-bond acceptors (Lipinski definition) is 4. The molecule has 1 aliphatic carbocycles. The first-order valence-electron chi connectivity index (χ1n) is 6.23. The standard InChI is InChI=1S/C12H20N4O/c1-8(2)16-12(14-7-15-16)6-10(17)5-11(13)9-3-4-9/h7-9,11H,3-6,13H2,1-2H3. The van der Waals surface area contributed by atoms with E-state index in [1.54, 1.807) is 4.68 Å². The van der Waals surface area contributed by atoms with E-state index in [1.165, 1.54) is 19.2 Å². The van der Waals surface area contributed by atoms with Gasteiger partial charge in [0, 0.05) is 18.5 Å². The zero-order valence-electron chi connectivity index (χ0n) is 10.5. The molecule has 2 rings (SSSR count). The Bertz CT molecular complexity index is 395. The summed E-state index contributed by atoms with van der Waals surface area (Å²) < 4.78 is 1.79. The summed E-state index contributed by atoms with van der Waals surface area (Å²) in [6, 6.07) is 0.273. The molecule has 0 amide bonds. The lowest BCUT2D eigenvalue weighted by Gasteiger charge is -2.11. The zero-order chi connectivity index (χ0) is 12.4. The van der Waals surface area contributed by atoms with E-state index in [4.69, 9.17) is 5.73 Å². The molecular formula is C12H20N4O. The number of aromatic nitrogens is 3. The lowest BCUT2D eigenvalue weighted by Crippen LogP contribution is -2.27. The van der Waals surface area contributed by atoms with Gasteiger partial charge in [0.15, 0.2) is 0 Å². The van der Waals surface area contributed by atoms with Gasteiger partial charge in [0.05, 0.1) is 6.42 Å². The Balaban J connectivity index is 1.90. The van der Waals surface area contributed by atoms with Crippen molar-refractivity contribution in [1.29, 1.82) is 0 Å². The highest BCUT2D eigenvalue weighted by molar-refractivity contribution is 5.80. The van der Waals surface area contributed by atoms with Gasteiger partial charge in [0.2, 0.25) is 0 Å². The lowest BCUT2D eigenvalue weighted by molar-refractivity contribution is -0.119. The van der Waals surface area contributed by atoms with E-state index in [9.17, 15) is 4.79 Å². The van der Waals surface area contributed by atoms with Crippen molar-refractivity contribution in [3.8, 4) is 0 Å². The number of hydrogen-bond donors (Lipinski definition) is 1. The van der Waals surface area contributed by atoms with Crippen LogP contribution in [0.4, 0.5) is 0 Å². The number of Topliss-reactive ketones (excluding diaryl/α,β-unsaturated/α-hetero) is 1. The Kier molecular flexibility index (Phi) is 3.57. The Hall–Kier alpha value is -1.23. The Morgan fingerprint density at radius 1 is 1.59 bits per heavy atom. The first-order chi connectivity index (χ1) is 8.08. The highest BCUT2D eigenvalue weighted by Gasteiger charge is 2.30. The van der Waals surface area contributed by atoms with Crippen LogP contribution in [0.1, 0.15) is 45.0 Å². The topological polar surface area (TPSA) is 73.8 Å². The zero-order valence-corrected chi connectivity index (χ0v) is 10.5. The molecule has 0 radical (unpaired) electrons. The molecule has 0 aliphatic heterocycles. The second-order valence-corrected chi connectivity index (χ2v) is 5.14. The molecule has 1 aliphatic rings. The van der Waals surface area contributed by atoms with Crippen LogP contribution in [0.2, 0.25) is 0 Å². The van der Waals surface area contributed by atoms with Crippen LogP contribution < -0.4 is 5.73 Å². The third-order valence-corrected chi connectivity index (χ3v) is 3.18. The van der Waals surface area contributed by atoms with Gasteiger partial charge >= 0.3 is 0 Å². The summed E-state index contributed by atoms with van der Waals surface area (Å²) in [5.41, 5.74) is 5.94. The Morgan fingerprint density at radius 3 is 2.88 bits per heavy atom. The Labute approximate surface area is 101 Å². The van der Waals surface area contributed by atoms with Gasteiger partial charge < -0.3 is 5.73 Å². The number of nitrogens with zero attached hydrogens (tertiary/aromatic N) is 3. The SMILES string of the molecule is CC(C)n1ncnc1CC(=O)CC(N)C1CC1. The van der Waals surface area contributed by atoms with Crippen molar-refractivity contribution in [2.45, 2.75) is 51.6 Å². The minimum Gasteiger partial charge on any atom is -0.327 e. The summed E-state index contributed by atoms with van der Waals surface area (Å²) >= 11 is 0. The van der Waals surface area contributed by atoms with E-state index < -0.39 is 0 Å². The number of rotatable bonds is 6. The summed E-state index contributed by atoms with van der Waals surface area (Å²) in [6.07, 6.45) is 4.67. The normalized spacial score (nSPS) is 17.4. The number of carbonyl (C=O) groups excluding carboxylic acids is 1. The first kappa shape index (κ1) is 12.2.